The number of ether oxygens (including phenoxy) is 3. The second kappa shape index (κ2) is 11.3. The number of fused-ring (bicyclic) bond motifs is 1. The van der Waals surface area contributed by atoms with Crippen LogP contribution in [0.1, 0.15) is 39.0 Å². The summed E-state index contributed by atoms with van der Waals surface area (Å²) in [6.45, 7) is 6.16. The maximum absolute atomic E-state index is 14.8. The third kappa shape index (κ3) is 6.30. The summed E-state index contributed by atoms with van der Waals surface area (Å²) in [4.78, 5) is 6.93. The number of hydrogen-bond donors (Lipinski definition) is 1. The highest BCUT2D eigenvalue weighted by molar-refractivity contribution is 7.93. The molecule has 5 rings (SSSR count). The van der Waals surface area contributed by atoms with Gasteiger partial charge in [-0.1, -0.05) is 6.92 Å². The van der Waals surface area contributed by atoms with Gasteiger partial charge in [0, 0.05) is 36.8 Å². The van der Waals surface area contributed by atoms with Crippen LogP contribution in [0.25, 0.3) is 10.9 Å². The molecule has 10 heteroatoms. The van der Waals surface area contributed by atoms with E-state index in [4.69, 9.17) is 14.2 Å². The number of methoxy groups -OCH3 is 1. The molecule has 0 amide bonds. The maximum Gasteiger partial charge on any atom is 0.235 e. The minimum Gasteiger partial charge on any atom is -0.493 e. The molecule has 204 valence electrons. The second-order valence-electron chi connectivity index (χ2n) is 10.2. The number of anilines is 1. The van der Waals surface area contributed by atoms with Crippen LogP contribution in [0.2, 0.25) is 0 Å². The zero-order valence-electron chi connectivity index (χ0n) is 21.8. The summed E-state index contributed by atoms with van der Waals surface area (Å²) in [5.74, 6) is 1.56. The topological polar surface area (TPSA) is 90.0 Å². The predicted octanol–water partition coefficient (Wildman–Crippen LogP) is 5.58. The standard InChI is InChI=1S/C28H34FN3O5S/c1-19-5-3-12-32(18-19)13-4-14-36-28-17-24-22(16-27(28)35-2)25(10-11-30-24)37-26-9-6-20(15-23(26)29)31-38(33,34)21-7-8-21/h6,9-11,15-17,19,21,31H,3-5,7-8,12-14,18H2,1-2H3. The Morgan fingerprint density at radius 1 is 1.08 bits per heavy atom. The van der Waals surface area contributed by atoms with E-state index < -0.39 is 21.1 Å². The molecule has 2 fully saturated rings. The normalized spacial score (nSPS) is 18.3. The lowest BCUT2D eigenvalue weighted by atomic mass is 10.0. The van der Waals surface area contributed by atoms with E-state index in [1.54, 1.807) is 31.5 Å². The van der Waals surface area contributed by atoms with Crippen molar-refractivity contribution in [1.82, 2.24) is 9.88 Å². The number of rotatable bonds is 11. The highest BCUT2D eigenvalue weighted by atomic mass is 32.2. The molecule has 2 aliphatic rings. The quantitative estimate of drug-likeness (QED) is 0.316. The Labute approximate surface area is 223 Å². The van der Waals surface area contributed by atoms with Gasteiger partial charge in [-0.05, 0) is 68.8 Å². The minimum absolute atomic E-state index is 0.0294. The number of benzene rings is 2. The van der Waals surface area contributed by atoms with Crippen molar-refractivity contribution in [3.8, 4) is 23.0 Å². The van der Waals surface area contributed by atoms with Crippen molar-refractivity contribution in [2.75, 3.05) is 38.1 Å². The highest BCUT2D eigenvalue weighted by Crippen LogP contribution is 2.38. The molecule has 1 aromatic heterocycles. The van der Waals surface area contributed by atoms with Gasteiger partial charge < -0.3 is 19.1 Å². The lowest BCUT2D eigenvalue weighted by Crippen LogP contribution is -2.35. The molecule has 1 aliphatic heterocycles. The van der Waals surface area contributed by atoms with Crippen LogP contribution in [0.3, 0.4) is 0 Å². The average molecular weight is 544 g/mol. The van der Waals surface area contributed by atoms with Gasteiger partial charge >= 0.3 is 0 Å². The molecule has 2 aromatic carbocycles. The number of nitrogens with one attached hydrogen (secondary N) is 1. The van der Waals surface area contributed by atoms with Gasteiger partial charge in [-0.3, -0.25) is 9.71 Å². The van der Waals surface area contributed by atoms with Gasteiger partial charge in [-0.25, -0.2) is 12.8 Å². The number of halogens is 1. The second-order valence-corrected chi connectivity index (χ2v) is 12.1. The van der Waals surface area contributed by atoms with Gasteiger partial charge in [-0.2, -0.15) is 0 Å². The van der Waals surface area contributed by atoms with Crippen molar-refractivity contribution in [1.29, 1.82) is 0 Å². The van der Waals surface area contributed by atoms with E-state index in [1.807, 2.05) is 0 Å². The summed E-state index contributed by atoms with van der Waals surface area (Å²) in [5, 5.41) is 0.240. The van der Waals surface area contributed by atoms with Crippen LogP contribution in [-0.2, 0) is 10.0 Å². The van der Waals surface area contributed by atoms with E-state index in [2.05, 4.69) is 21.5 Å². The molecule has 1 unspecified atom stereocenters. The van der Waals surface area contributed by atoms with Crippen LogP contribution in [0.5, 0.6) is 23.0 Å². The lowest BCUT2D eigenvalue weighted by Gasteiger charge is -2.30. The fraction of sp³-hybridized carbons (Fsp3) is 0.464. The van der Waals surface area contributed by atoms with E-state index in [1.165, 1.54) is 25.0 Å². The number of aromatic nitrogens is 1. The molecule has 3 aromatic rings. The Hall–Kier alpha value is -3.11. The number of sulfonamides is 1. The lowest BCUT2D eigenvalue weighted by molar-refractivity contribution is 0.169. The van der Waals surface area contributed by atoms with Gasteiger partial charge in [0.2, 0.25) is 10.0 Å². The Bertz CT molecular complexity index is 1400. The fourth-order valence-corrected chi connectivity index (χ4v) is 6.22. The van der Waals surface area contributed by atoms with E-state index in [9.17, 15) is 12.8 Å². The third-order valence-corrected chi connectivity index (χ3v) is 8.85. The summed E-state index contributed by atoms with van der Waals surface area (Å²) >= 11 is 0. The Kier molecular flexibility index (Phi) is 7.90. The molecule has 2 heterocycles. The molecule has 0 spiro atoms. The van der Waals surface area contributed by atoms with Crippen LogP contribution < -0.4 is 18.9 Å². The smallest absolute Gasteiger partial charge is 0.235 e. The molecular weight excluding hydrogens is 509 g/mol. The molecular formula is C28H34FN3O5S. The Morgan fingerprint density at radius 3 is 2.66 bits per heavy atom. The van der Waals surface area contributed by atoms with Crippen LogP contribution in [0.4, 0.5) is 10.1 Å². The summed E-state index contributed by atoms with van der Waals surface area (Å²) in [6, 6.07) is 9.23. The molecule has 1 atom stereocenters. The van der Waals surface area contributed by atoms with Crippen LogP contribution >= 0.6 is 0 Å². The predicted molar refractivity (Wildman–Crippen MR) is 145 cm³/mol. The van der Waals surface area contributed by atoms with Gasteiger partial charge in [0.1, 0.15) is 5.75 Å². The van der Waals surface area contributed by atoms with Crippen LogP contribution in [0.15, 0.2) is 42.6 Å². The Morgan fingerprint density at radius 2 is 1.92 bits per heavy atom. The number of piperidine rings is 1. The van der Waals surface area contributed by atoms with Crippen molar-refractivity contribution in [3.05, 3.63) is 48.4 Å². The van der Waals surface area contributed by atoms with Gasteiger partial charge in [-0.15, -0.1) is 0 Å². The maximum atomic E-state index is 14.8. The van der Waals surface area contributed by atoms with Gasteiger partial charge in [0.05, 0.1) is 30.2 Å². The van der Waals surface area contributed by atoms with Crippen molar-refractivity contribution in [2.45, 2.75) is 44.3 Å². The first-order valence-corrected chi connectivity index (χ1v) is 14.7. The molecule has 8 nitrogen and oxygen atoms in total. The first-order valence-electron chi connectivity index (χ1n) is 13.1. The molecule has 38 heavy (non-hydrogen) atoms. The van der Waals surface area contributed by atoms with Crippen molar-refractivity contribution >= 4 is 26.6 Å². The van der Waals surface area contributed by atoms with Crippen molar-refractivity contribution in [3.63, 3.8) is 0 Å². The number of hydrogen-bond acceptors (Lipinski definition) is 7. The molecule has 1 N–H and O–H groups in total. The van der Waals surface area contributed by atoms with Crippen LogP contribution in [-0.4, -0.2) is 56.9 Å². The molecule has 1 saturated carbocycles. The molecule has 0 radical (unpaired) electrons. The highest BCUT2D eigenvalue weighted by Gasteiger charge is 2.35. The first kappa shape index (κ1) is 26.5. The van der Waals surface area contributed by atoms with Gasteiger partial charge in [0.15, 0.2) is 23.1 Å². The number of likely N-dealkylation sites (tertiary alicyclic amines) is 1. The van der Waals surface area contributed by atoms with Crippen LogP contribution in [0, 0.1) is 11.7 Å². The molecule has 1 aliphatic carbocycles. The van der Waals surface area contributed by atoms with Crippen molar-refractivity contribution in [2.24, 2.45) is 5.92 Å². The monoisotopic (exact) mass is 543 g/mol. The zero-order valence-corrected chi connectivity index (χ0v) is 22.6. The van der Waals surface area contributed by atoms with E-state index in [-0.39, 0.29) is 11.4 Å². The minimum atomic E-state index is -3.48. The van der Waals surface area contributed by atoms with E-state index in [0.29, 0.717) is 47.6 Å². The SMILES string of the molecule is COc1cc2c(Oc3ccc(NS(=O)(=O)C4CC4)cc3F)ccnc2cc1OCCCN1CCCC(C)C1. The van der Waals surface area contributed by atoms with Crippen molar-refractivity contribution < 1.29 is 27.0 Å². The van der Waals surface area contributed by atoms with Gasteiger partial charge in [0.25, 0.3) is 0 Å². The van der Waals surface area contributed by atoms with E-state index in [0.717, 1.165) is 38.0 Å². The largest absolute Gasteiger partial charge is 0.493 e. The average Bonchev–Trinajstić information content (AvgIpc) is 3.74. The summed E-state index contributed by atoms with van der Waals surface area (Å²) in [7, 11) is -1.91. The Balaban J connectivity index is 1.27. The fourth-order valence-electron chi connectivity index (χ4n) is 4.84. The first-order chi connectivity index (χ1) is 18.3. The molecule has 1 saturated heterocycles. The summed E-state index contributed by atoms with van der Waals surface area (Å²) in [6.07, 6.45) is 6.31. The number of nitrogens with zero attached hydrogens (tertiary/aromatic N) is 2. The van der Waals surface area contributed by atoms with E-state index >= 15 is 0 Å². The number of pyridine rings is 1. The summed E-state index contributed by atoms with van der Waals surface area (Å²) in [5.41, 5.74) is 0.789. The summed E-state index contributed by atoms with van der Waals surface area (Å²) < 4.78 is 59.1. The zero-order chi connectivity index (χ0) is 26.7. The third-order valence-electron chi connectivity index (χ3n) is 6.98. The molecule has 0 bridgehead atoms.